The van der Waals surface area contributed by atoms with Crippen LogP contribution in [0.15, 0.2) is 24.3 Å². The fraction of sp³-hybridized carbons (Fsp3) is 0.381. The molecule has 2 aliphatic carbocycles. The Kier molecular flexibility index (Phi) is 4.71. The van der Waals surface area contributed by atoms with Crippen LogP contribution in [0.2, 0.25) is 0 Å². The highest BCUT2D eigenvalue weighted by molar-refractivity contribution is 7.17. The molecule has 28 heavy (non-hydrogen) atoms. The number of hydrogen-bond acceptors (Lipinski definition) is 4. The predicted octanol–water partition coefficient (Wildman–Crippen LogP) is 2.92. The van der Waals surface area contributed by atoms with E-state index in [0.29, 0.717) is 23.4 Å². The molecule has 1 heterocycles. The smallest absolute Gasteiger partial charge is 0.310 e. The molecule has 1 aromatic heterocycles. The summed E-state index contributed by atoms with van der Waals surface area (Å²) in [6, 6.07) is 7.59. The summed E-state index contributed by atoms with van der Waals surface area (Å²) in [6.45, 7) is 0. The lowest BCUT2D eigenvalue weighted by atomic mass is 9.81. The molecule has 0 fully saturated rings. The standard InChI is InChI=1S/C21H22N2O4S/c22-18(25)17-14-7-3-4-8-15(14)28-19(17)23-16(24)11-21(20(26)27)9-12-5-1-2-6-13(12)10-21/h1-2,5-6H,3-4,7-11H2,(H2,22,25)(H,23,24)(H,26,27). The fourth-order valence-electron chi connectivity index (χ4n) is 4.44. The van der Waals surface area contributed by atoms with Gasteiger partial charge in [-0.1, -0.05) is 24.3 Å². The Hall–Kier alpha value is -2.67. The third-order valence-electron chi connectivity index (χ3n) is 5.80. The molecule has 0 radical (unpaired) electrons. The zero-order chi connectivity index (χ0) is 19.9. The number of carbonyl (C=O) groups excluding carboxylic acids is 2. The first-order valence-electron chi connectivity index (χ1n) is 9.44. The van der Waals surface area contributed by atoms with Crippen molar-refractivity contribution in [1.29, 1.82) is 0 Å². The molecule has 0 atom stereocenters. The van der Waals surface area contributed by atoms with E-state index >= 15 is 0 Å². The van der Waals surface area contributed by atoms with Crippen LogP contribution >= 0.6 is 11.3 Å². The van der Waals surface area contributed by atoms with Gasteiger partial charge in [0.15, 0.2) is 0 Å². The number of aryl methyl sites for hydroxylation is 1. The minimum Gasteiger partial charge on any atom is -0.481 e. The number of carbonyl (C=O) groups is 3. The number of hydrogen-bond donors (Lipinski definition) is 3. The van der Waals surface area contributed by atoms with E-state index in [1.54, 1.807) is 0 Å². The highest BCUT2D eigenvalue weighted by Crippen LogP contribution is 2.42. The number of nitrogens with one attached hydrogen (secondary N) is 1. The number of amides is 2. The van der Waals surface area contributed by atoms with Gasteiger partial charge in [-0.2, -0.15) is 0 Å². The van der Waals surface area contributed by atoms with E-state index in [4.69, 9.17) is 5.73 Å². The topological polar surface area (TPSA) is 109 Å². The highest BCUT2D eigenvalue weighted by Gasteiger charge is 2.45. The molecule has 6 nitrogen and oxygen atoms in total. The quantitative estimate of drug-likeness (QED) is 0.719. The van der Waals surface area contributed by atoms with Gasteiger partial charge in [-0.15, -0.1) is 11.3 Å². The summed E-state index contributed by atoms with van der Waals surface area (Å²) in [5.41, 5.74) is 7.71. The Labute approximate surface area is 166 Å². The Bertz CT molecular complexity index is 954. The van der Waals surface area contributed by atoms with E-state index in [1.165, 1.54) is 11.3 Å². The monoisotopic (exact) mass is 398 g/mol. The maximum absolute atomic E-state index is 12.8. The zero-order valence-electron chi connectivity index (χ0n) is 15.4. The van der Waals surface area contributed by atoms with Crippen LogP contribution in [0.4, 0.5) is 5.00 Å². The molecule has 4 N–H and O–H groups in total. The molecule has 7 heteroatoms. The Morgan fingerprint density at radius 3 is 2.36 bits per heavy atom. The minimum atomic E-state index is -1.16. The van der Waals surface area contributed by atoms with Gasteiger partial charge in [0.05, 0.1) is 11.0 Å². The van der Waals surface area contributed by atoms with E-state index in [9.17, 15) is 19.5 Å². The van der Waals surface area contributed by atoms with Crippen LogP contribution in [0.3, 0.4) is 0 Å². The molecule has 4 rings (SSSR count). The lowest BCUT2D eigenvalue weighted by molar-refractivity contribution is -0.150. The molecule has 0 spiro atoms. The van der Waals surface area contributed by atoms with Crippen LogP contribution in [0, 0.1) is 5.41 Å². The van der Waals surface area contributed by atoms with Crippen LogP contribution in [0.5, 0.6) is 0 Å². The van der Waals surface area contributed by atoms with Crippen molar-refractivity contribution in [2.45, 2.75) is 44.9 Å². The lowest BCUT2D eigenvalue weighted by Gasteiger charge is -2.23. The summed E-state index contributed by atoms with van der Waals surface area (Å²) in [7, 11) is 0. The van der Waals surface area contributed by atoms with E-state index < -0.39 is 23.2 Å². The molecule has 2 amide bonds. The Morgan fingerprint density at radius 2 is 1.75 bits per heavy atom. The number of thiophene rings is 1. The maximum Gasteiger partial charge on any atom is 0.310 e. The second kappa shape index (κ2) is 7.05. The van der Waals surface area contributed by atoms with Gasteiger partial charge in [-0.3, -0.25) is 14.4 Å². The summed E-state index contributed by atoms with van der Waals surface area (Å²) >= 11 is 1.39. The van der Waals surface area contributed by atoms with Crippen LogP contribution in [-0.2, 0) is 35.3 Å². The number of nitrogens with two attached hydrogens (primary N) is 1. The van der Waals surface area contributed by atoms with Gasteiger partial charge in [-0.05, 0) is 55.2 Å². The SMILES string of the molecule is NC(=O)c1c(NC(=O)CC2(C(=O)O)Cc3ccccc3C2)sc2c1CCCC2. The first-order chi connectivity index (χ1) is 13.4. The normalized spacial score (nSPS) is 16.9. The van der Waals surface area contributed by atoms with Crippen molar-refractivity contribution in [3.8, 4) is 0 Å². The molecule has 0 aliphatic heterocycles. The summed E-state index contributed by atoms with van der Waals surface area (Å²) in [5, 5.41) is 13.1. The molecule has 146 valence electrons. The van der Waals surface area contributed by atoms with Gasteiger partial charge in [0.2, 0.25) is 5.91 Å². The molecular weight excluding hydrogens is 376 g/mol. The Balaban J connectivity index is 1.57. The van der Waals surface area contributed by atoms with E-state index in [0.717, 1.165) is 47.3 Å². The summed E-state index contributed by atoms with van der Waals surface area (Å²) in [6.07, 6.45) is 4.24. The van der Waals surface area contributed by atoms with Crippen molar-refractivity contribution in [3.05, 3.63) is 51.4 Å². The predicted molar refractivity (Wildman–Crippen MR) is 107 cm³/mol. The first-order valence-corrected chi connectivity index (χ1v) is 10.3. The molecule has 2 aliphatic rings. The number of primary amides is 1. The third kappa shape index (κ3) is 3.20. The van der Waals surface area contributed by atoms with Crippen molar-refractivity contribution in [2.24, 2.45) is 11.1 Å². The summed E-state index contributed by atoms with van der Waals surface area (Å²) in [4.78, 5) is 37.9. The average Bonchev–Trinajstić information content (AvgIpc) is 3.19. The fourth-order valence-corrected chi connectivity index (χ4v) is 5.75. The number of fused-ring (bicyclic) bond motifs is 2. The number of carboxylic acid groups (broad SMARTS) is 1. The van der Waals surface area contributed by atoms with Crippen LogP contribution < -0.4 is 11.1 Å². The van der Waals surface area contributed by atoms with Gasteiger partial charge in [0, 0.05) is 11.3 Å². The highest BCUT2D eigenvalue weighted by atomic mass is 32.1. The van der Waals surface area contributed by atoms with Crippen molar-refractivity contribution < 1.29 is 19.5 Å². The zero-order valence-corrected chi connectivity index (χ0v) is 16.2. The van der Waals surface area contributed by atoms with Gasteiger partial charge < -0.3 is 16.2 Å². The number of carboxylic acids is 1. The lowest BCUT2D eigenvalue weighted by Crippen LogP contribution is -2.36. The number of benzene rings is 1. The maximum atomic E-state index is 12.8. The van der Waals surface area contributed by atoms with Crippen LogP contribution in [0.1, 0.15) is 51.2 Å². The Morgan fingerprint density at radius 1 is 1.11 bits per heavy atom. The van der Waals surface area contributed by atoms with Crippen molar-refractivity contribution in [2.75, 3.05) is 5.32 Å². The molecule has 2 aromatic rings. The van der Waals surface area contributed by atoms with Crippen molar-refractivity contribution in [1.82, 2.24) is 0 Å². The van der Waals surface area contributed by atoms with Gasteiger partial charge in [0.1, 0.15) is 5.00 Å². The number of anilines is 1. The third-order valence-corrected chi connectivity index (χ3v) is 7.01. The first kappa shape index (κ1) is 18.7. The van der Waals surface area contributed by atoms with Crippen LogP contribution in [-0.4, -0.2) is 22.9 Å². The number of rotatable bonds is 5. The van der Waals surface area contributed by atoms with E-state index in [2.05, 4.69) is 5.32 Å². The summed E-state index contributed by atoms with van der Waals surface area (Å²) in [5.74, 6) is -1.91. The second-order valence-electron chi connectivity index (χ2n) is 7.71. The van der Waals surface area contributed by atoms with Gasteiger partial charge in [0.25, 0.3) is 5.91 Å². The van der Waals surface area contributed by atoms with Gasteiger partial charge in [-0.25, -0.2) is 0 Å². The molecule has 0 unspecified atom stereocenters. The molecule has 0 saturated heterocycles. The van der Waals surface area contributed by atoms with E-state index in [-0.39, 0.29) is 6.42 Å². The molecule has 0 bridgehead atoms. The average molecular weight is 398 g/mol. The largest absolute Gasteiger partial charge is 0.481 e. The molecular formula is C21H22N2O4S. The summed E-state index contributed by atoms with van der Waals surface area (Å²) < 4.78 is 0. The molecule has 1 aromatic carbocycles. The minimum absolute atomic E-state index is 0.141. The second-order valence-corrected chi connectivity index (χ2v) is 8.82. The van der Waals surface area contributed by atoms with Crippen LogP contribution in [0.25, 0.3) is 0 Å². The van der Waals surface area contributed by atoms with Gasteiger partial charge >= 0.3 is 5.97 Å². The van der Waals surface area contributed by atoms with E-state index in [1.807, 2.05) is 24.3 Å². The van der Waals surface area contributed by atoms with Crippen molar-refractivity contribution in [3.63, 3.8) is 0 Å². The van der Waals surface area contributed by atoms with Crippen molar-refractivity contribution >= 4 is 34.1 Å². The molecule has 0 saturated carbocycles. The number of aliphatic carboxylic acids is 1.